The van der Waals surface area contributed by atoms with Crippen LogP contribution >= 0.6 is 0 Å². The molecule has 1 aliphatic carbocycles. The highest BCUT2D eigenvalue weighted by molar-refractivity contribution is 5.80. The second kappa shape index (κ2) is 4.78. The summed E-state index contributed by atoms with van der Waals surface area (Å²) in [6.07, 6.45) is 2.08. The number of carbonyl (C=O) groups excluding carboxylic acids is 1. The average molecular weight is 233 g/mol. The summed E-state index contributed by atoms with van der Waals surface area (Å²) in [5.74, 6) is 1.29. The van der Waals surface area contributed by atoms with Crippen LogP contribution in [0.3, 0.4) is 0 Å². The van der Waals surface area contributed by atoms with Crippen molar-refractivity contribution in [1.82, 2.24) is 5.32 Å². The van der Waals surface area contributed by atoms with E-state index >= 15 is 0 Å². The summed E-state index contributed by atoms with van der Waals surface area (Å²) in [5, 5.41) is 2.98. The van der Waals surface area contributed by atoms with Crippen molar-refractivity contribution in [2.75, 3.05) is 7.11 Å². The molecule has 1 aromatic carbocycles. The van der Waals surface area contributed by atoms with E-state index in [0.717, 1.165) is 29.7 Å². The Labute approximate surface area is 102 Å². The molecule has 1 aromatic rings. The van der Waals surface area contributed by atoms with Crippen LogP contribution in [0.4, 0.5) is 0 Å². The smallest absolute Gasteiger partial charge is 0.223 e. The molecule has 1 saturated carbocycles. The number of methoxy groups -OCH3 is 1. The van der Waals surface area contributed by atoms with Gasteiger partial charge in [-0.3, -0.25) is 4.79 Å². The normalized spacial score (nSPS) is 14.5. The lowest BCUT2D eigenvalue weighted by Gasteiger charge is -2.13. The first kappa shape index (κ1) is 12.0. The molecule has 0 spiro atoms. The monoisotopic (exact) mass is 233 g/mol. The Morgan fingerprint density at radius 3 is 2.71 bits per heavy atom. The molecular formula is C14H19NO2. The van der Waals surface area contributed by atoms with Crippen LogP contribution in [0.2, 0.25) is 0 Å². The first-order chi connectivity index (χ1) is 8.11. The van der Waals surface area contributed by atoms with E-state index in [2.05, 4.69) is 11.4 Å². The Morgan fingerprint density at radius 1 is 1.41 bits per heavy atom. The van der Waals surface area contributed by atoms with E-state index in [1.807, 2.05) is 19.9 Å². The van der Waals surface area contributed by atoms with Gasteiger partial charge in [-0.15, -0.1) is 0 Å². The molecule has 0 aliphatic heterocycles. The van der Waals surface area contributed by atoms with Crippen molar-refractivity contribution in [3.05, 3.63) is 28.8 Å². The lowest BCUT2D eigenvalue weighted by atomic mass is 10.0. The minimum Gasteiger partial charge on any atom is -0.496 e. The summed E-state index contributed by atoms with van der Waals surface area (Å²) in [7, 11) is 1.67. The average Bonchev–Trinajstić information content (AvgIpc) is 3.10. The lowest BCUT2D eigenvalue weighted by molar-refractivity contribution is -0.122. The largest absolute Gasteiger partial charge is 0.496 e. The molecule has 2 rings (SSSR count). The van der Waals surface area contributed by atoms with Gasteiger partial charge in [0.05, 0.1) is 7.11 Å². The Balaban J connectivity index is 2.10. The first-order valence-electron chi connectivity index (χ1n) is 6.03. The van der Waals surface area contributed by atoms with E-state index in [1.54, 1.807) is 7.11 Å². The van der Waals surface area contributed by atoms with Crippen LogP contribution in [0.25, 0.3) is 0 Å². The summed E-state index contributed by atoms with van der Waals surface area (Å²) < 4.78 is 5.36. The van der Waals surface area contributed by atoms with E-state index in [0.29, 0.717) is 6.54 Å². The molecule has 1 aliphatic rings. The third kappa shape index (κ3) is 2.78. The predicted octanol–water partition coefficient (Wildman–Crippen LogP) is 2.34. The number of hydrogen-bond acceptors (Lipinski definition) is 2. The number of aryl methyl sites for hydroxylation is 2. The number of rotatable bonds is 4. The summed E-state index contributed by atoms with van der Waals surface area (Å²) >= 11 is 0. The predicted molar refractivity (Wildman–Crippen MR) is 67.0 cm³/mol. The Bertz CT molecular complexity index is 436. The first-order valence-corrected chi connectivity index (χ1v) is 6.03. The molecule has 0 atom stereocenters. The number of benzene rings is 1. The van der Waals surface area contributed by atoms with Crippen LogP contribution < -0.4 is 10.1 Å². The molecule has 1 N–H and O–H groups in total. The van der Waals surface area contributed by atoms with Gasteiger partial charge in [0.15, 0.2) is 0 Å². The lowest BCUT2D eigenvalue weighted by Crippen LogP contribution is -2.24. The van der Waals surface area contributed by atoms with Crippen molar-refractivity contribution in [1.29, 1.82) is 0 Å². The van der Waals surface area contributed by atoms with Crippen LogP contribution in [0.15, 0.2) is 12.1 Å². The summed E-state index contributed by atoms with van der Waals surface area (Å²) in [4.78, 5) is 11.6. The zero-order chi connectivity index (χ0) is 12.4. The fourth-order valence-corrected chi connectivity index (χ4v) is 2.03. The molecule has 0 bridgehead atoms. The Hall–Kier alpha value is -1.51. The molecule has 0 radical (unpaired) electrons. The van der Waals surface area contributed by atoms with Gasteiger partial charge in [0, 0.05) is 18.0 Å². The quantitative estimate of drug-likeness (QED) is 0.866. The van der Waals surface area contributed by atoms with Crippen LogP contribution in [-0.2, 0) is 11.3 Å². The van der Waals surface area contributed by atoms with Crippen LogP contribution in [0, 0.1) is 19.8 Å². The standard InChI is InChI=1S/C14H19NO2/c1-9-6-10(2)12(13(7-9)17-3)8-15-14(16)11-4-5-11/h6-7,11H,4-5,8H2,1-3H3,(H,15,16). The molecular weight excluding hydrogens is 214 g/mol. The maximum absolute atomic E-state index is 11.6. The van der Waals surface area contributed by atoms with Gasteiger partial charge in [-0.1, -0.05) is 6.07 Å². The van der Waals surface area contributed by atoms with Gasteiger partial charge < -0.3 is 10.1 Å². The van der Waals surface area contributed by atoms with E-state index in [9.17, 15) is 4.79 Å². The number of nitrogens with one attached hydrogen (secondary N) is 1. The summed E-state index contributed by atoms with van der Waals surface area (Å²) in [5.41, 5.74) is 3.42. The van der Waals surface area contributed by atoms with Crippen molar-refractivity contribution in [2.45, 2.75) is 33.2 Å². The van der Waals surface area contributed by atoms with Gasteiger partial charge in [-0.2, -0.15) is 0 Å². The van der Waals surface area contributed by atoms with Crippen molar-refractivity contribution in [2.24, 2.45) is 5.92 Å². The van der Waals surface area contributed by atoms with Crippen molar-refractivity contribution in [3.8, 4) is 5.75 Å². The maximum atomic E-state index is 11.6. The van der Waals surface area contributed by atoms with Crippen LogP contribution in [0.1, 0.15) is 29.5 Å². The van der Waals surface area contributed by atoms with E-state index in [1.165, 1.54) is 5.56 Å². The second-order valence-electron chi connectivity index (χ2n) is 4.75. The second-order valence-corrected chi connectivity index (χ2v) is 4.75. The Morgan fingerprint density at radius 2 is 2.12 bits per heavy atom. The molecule has 3 heteroatoms. The minimum atomic E-state index is 0.173. The summed E-state index contributed by atoms with van der Waals surface area (Å²) in [6, 6.07) is 4.12. The molecule has 0 saturated heterocycles. The molecule has 1 fully saturated rings. The maximum Gasteiger partial charge on any atom is 0.223 e. The highest BCUT2D eigenvalue weighted by atomic mass is 16.5. The third-order valence-corrected chi connectivity index (χ3v) is 3.18. The van der Waals surface area contributed by atoms with Gasteiger partial charge >= 0.3 is 0 Å². The van der Waals surface area contributed by atoms with E-state index in [-0.39, 0.29) is 11.8 Å². The van der Waals surface area contributed by atoms with Crippen molar-refractivity contribution in [3.63, 3.8) is 0 Å². The number of carbonyl (C=O) groups is 1. The Kier molecular flexibility index (Phi) is 3.36. The number of ether oxygens (including phenoxy) is 1. The molecule has 1 amide bonds. The van der Waals surface area contributed by atoms with Gasteiger partial charge in [-0.05, 0) is 43.9 Å². The highest BCUT2D eigenvalue weighted by Crippen LogP contribution is 2.29. The fourth-order valence-electron chi connectivity index (χ4n) is 2.03. The SMILES string of the molecule is COc1cc(C)cc(C)c1CNC(=O)C1CC1. The molecule has 17 heavy (non-hydrogen) atoms. The molecule has 92 valence electrons. The van der Waals surface area contributed by atoms with Gasteiger partial charge in [0.25, 0.3) is 0 Å². The molecule has 0 aromatic heterocycles. The van der Waals surface area contributed by atoms with Crippen LogP contribution in [0.5, 0.6) is 5.75 Å². The minimum absolute atomic E-state index is 0.173. The van der Waals surface area contributed by atoms with Crippen LogP contribution in [-0.4, -0.2) is 13.0 Å². The van der Waals surface area contributed by atoms with Crippen molar-refractivity contribution >= 4 is 5.91 Å². The van der Waals surface area contributed by atoms with Crippen molar-refractivity contribution < 1.29 is 9.53 Å². The third-order valence-electron chi connectivity index (χ3n) is 3.18. The number of hydrogen-bond donors (Lipinski definition) is 1. The van der Waals surface area contributed by atoms with Gasteiger partial charge in [0.2, 0.25) is 5.91 Å². The molecule has 0 unspecified atom stereocenters. The number of amides is 1. The summed E-state index contributed by atoms with van der Waals surface area (Å²) in [6.45, 7) is 4.65. The van der Waals surface area contributed by atoms with E-state index < -0.39 is 0 Å². The zero-order valence-corrected chi connectivity index (χ0v) is 10.7. The van der Waals surface area contributed by atoms with E-state index in [4.69, 9.17) is 4.74 Å². The fraction of sp³-hybridized carbons (Fsp3) is 0.500. The molecule has 3 nitrogen and oxygen atoms in total. The van der Waals surface area contributed by atoms with Gasteiger partial charge in [-0.25, -0.2) is 0 Å². The van der Waals surface area contributed by atoms with Gasteiger partial charge in [0.1, 0.15) is 5.75 Å². The zero-order valence-electron chi connectivity index (χ0n) is 10.7. The topological polar surface area (TPSA) is 38.3 Å². The highest BCUT2D eigenvalue weighted by Gasteiger charge is 2.29. The molecule has 0 heterocycles.